The van der Waals surface area contributed by atoms with E-state index < -0.39 is 32.5 Å². The molecule has 0 saturated carbocycles. The molecule has 0 N–H and O–H groups in total. The Hall–Kier alpha value is -1.77. The summed E-state index contributed by atoms with van der Waals surface area (Å²) in [5, 5.41) is 0. The standard InChI is InChI=1S/C42H78NO8P/c1-6-8-10-12-14-16-18-20-21-23-25-27-29-31-33-35-42(45)51-40(39-50-52(46,47)49-37-36-43(3,4)5)38-48-41(44)34-32-30-28-26-24-22-19-17-15-13-11-9-7-2/h23,25,28-31,40H,6-22,24,26-27,32-39H2,1-5H3/b25-23-,30-28-,31-29-. The number of hydrogen-bond donors (Lipinski definition) is 0. The predicted octanol–water partition coefficient (Wildman–Crippen LogP) is 10.7. The first-order valence-corrected chi connectivity index (χ1v) is 22.2. The third-order valence-corrected chi connectivity index (χ3v) is 9.62. The maximum Gasteiger partial charge on any atom is 0.306 e. The first-order chi connectivity index (χ1) is 25.0. The molecule has 0 rings (SSSR count). The number of quaternary nitrogens is 1. The summed E-state index contributed by atoms with van der Waals surface area (Å²) in [6.45, 7) is 4.10. The molecular formula is C42H78NO8P. The molecule has 0 radical (unpaired) electrons. The molecule has 0 fully saturated rings. The summed E-state index contributed by atoms with van der Waals surface area (Å²) in [6, 6.07) is 0. The monoisotopic (exact) mass is 756 g/mol. The minimum absolute atomic E-state index is 0.0446. The van der Waals surface area contributed by atoms with Gasteiger partial charge in [-0.05, 0) is 44.9 Å². The van der Waals surface area contributed by atoms with Crippen molar-refractivity contribution >= 4 is 19.8 Å². The average Bonchev–Trinajstić information content (AvgIpc) is 3.09. The number of allylic oxidation sites excluding steroid dienone is 6. The van der Waals surface area contributed by atoms with Crippen molar-refractivity contribution in [1.29, 1.82) is 0 Å². The second kappa shape index (κ2) is 35.0. The van der Waals surface area contributed by atoms with Gasteiger partial charge in [0.2, 0.25) is 0 Å². The van der Waals surface area contributed by atoms with E-state index in [0.717, 1.165) is 25.7 Å². The third kappa shape index (κ3) is 38.0. The van der Waals surface area contributed by atoms with Crippen LogP contribution in [-0.2, 0) is 32.7 Å². The van der Waals surface area contributed by atoms with Crippen molar-refractivity contribution in [3.05, 3.63) is 36.5 Å². The van der Waals surface area contributed by atoms with Gasteiger partial charge in [0.25, 0.3) is 7.82 Å². The summed E-state index contributed by atoms with van der Waals surface area (Å²) >= 11 is 0. The number of carbonyl (C=O) groups excluding carboxylic acids is 2. The molecule has 52 heavy (non-hydrogen) atoms. The van der Waals surface area contributed by atoms with Crippen molar-refractivity contribution < 1.29 is 42.1 Å². The van der Waals surface area contributed by atoms with Gasteiger partial charge in [0, 0.05) is 12.8 Å². The highest BCUT2D eigenvalue weighted by Gasteiger charge is 2.21. The van der Waals surface area contributed by atoms with Crippen molar-refractivity contribution in [2.24, 2.45) is 0 Å². The smallest absolute Gasteiger partial charge is 0.306 e. The molecule has 0 aromatic heterocycles. The van der Waals surface area contributed by atoms with Gasteiger partial charge >= 0.3 is 11.9 Å². The zero-order chi connectivity index (χ0) is 38.6. The van der Waals surface area contributed by atoms with Crippen LogP contribution in [0.5, 0.6) is 0 Å². The Morgan fingerprint density at radius 3 is 1.56 bits per heavy atom. The molecule has 0 aromatic rings. The Morgan fingerprint density at radius 1 is 0.596 bits per heavy atom. The number of carbonyl (C=O) groups is 2. The number of ether oxygens (including phenoxy) is 2. The lowest BCUT2D eigenvalue weighted by Crippen LogP contribution is -2.37. The SMILES string of the molecule is CCCCCCCCCC/C=C\C/C=C\CCC(=O)OC(COC(=O)CC/C=C\CCCCCCCCCCC)COP(=O)([O-])OCC[N+](C)(C)C. The minimum Gasteiger partial charge on any atom is -0.756 e. The Kier molecular flexibility index (Phi) is 33.8. The molecule has 0 aliphatic rings. The van der Waals surface area contributed by atoms with Gasteiger partial charge in [-0.25, -0.2) is 0 Å². The molecule has 0 spiro atoms. The van der Waals surface area contributed by atoms with Crippen molar-refractivity contribution in [2.45, 2.75) is 174 Å². The molecule has 2 unspecified atom stereocenters. The van der Waals surface area contributed by atoms with E-state index in [4.69, 9.17) is 18.5 Å². The summed E-state index contributed by atoms with van der Waals surface area (Å²) in [4.78, 5) is 37.3. The number of unbranched alkanes of at least 4 members (excludes halogenated alkanes) is 17. The Balaban J connectivity index is 4.52. The van der Waals surface area contributed by atoms with Gasteiger partial charge in [0.15, 0.2) is 6.10 Å². The fourth-order valence-electron chi connectivity index (χ4n) is 5.37. The molecule has 10 heteroatoms. The number of phosphoric ester groups is 1. The van der Waals surface area contributed by atoms with E-state index in [9.17, 15) is 19.0 Å². The van der Waals surface area contributed by atoms with Gasteiger partial charge in [-0.3, -0.25) is 14.2 Å². The van der Waals surface area contributed by atoms with Crippen LogP contribution in [0.2, 0.25) is 0 Å². The van der Waals surface area contributed by atoms with E-state index >= 15 is 0 Å². The first kappa shape index (κ1) is 50.2. The molecule has 2 atom stereocenters. The summed E-state index contributed by atoms with van der Waals surface area (Å²) in [5.74, 6) is -0.970. The molecular weight excluding hydrogens is 677 g/mol. The Bertz CT molecular complexity index is 991. The normalized spacial score (nSPS) is 14.0. The summed E-state index contributed by atoms with van der Waals surface area (Å²) < 4.78 is 33.7. The lowest BCUT2D eigenvalue weighted by Gasteiger charge is -2.28. The van der Waals surface area contributed by atoms with E-state index in [2.05, 4.69) is 32.1 Å². The second-order valence-electron chi connectivity index (χ2n) is 15.0. The molecule has 9 nitrogen and oxygen atoms in total. The van der Waals surface area contributed by atoms with Crippen LogP contribution in [0.15, 0.2) is 36.5 Å². The van der Waals surface area contributed by atoms with Gasteiger partial charge in [-0.15, -0.1) is 0 Å². The van der Waals surface area contributed by atoms with E-state index in [0.29, 0.717) is 23.9 Å². The molecule has 0 aliphatic carbocycles. The molecule has 0 saturated heterocycles. The van der Waals surface area contributed by atoms with Crippen LogP contribution in [0.4, 0.5) is 0 Å². The molecule has 0 bridgehead atoms. The number of rotatable bonds is 37. The van der Waals surface area contributed by atoms with Crippen LogP contribution in [0.3, 0.4) is 0 Å². The van der Waals surface area contributed by atoms with Crippen LogP contribution in [0.25, 0.3) is 0 Å². The fourth-order valence-corrected chi connectivity index (χ4v) is 6.10. The maximum absolute atomic E-state index is 12.6. The summed E-state index contributed by atoms with van der Waals surface area (Å²) in [7, 11) is 1.12. The number of phosphoric acid groups is 1. The number of nitrogens with zero attached hydrogens (tertiary/aromatic N) is 1. The minimum atomic E-state index is -4.64. The van der Waals surface area contributed by atoms with Crippen LogP contribution in [0, 0.1) is 0 Å². The fraction of sp³-hybridized carbons (Fsp3) is 0.810. The van der Waals surface area contributed by atoms with Crippen molar-refractivity contribution in [2.75, 3.05) is 47.5 Å². The number of hydrogen-bond acceptors (Lipinski definition) is 8. The molecule has 0 aliphatic heterocycles. The van der Waals surface area contributed by atoms with Crippen molar-refractivity contribution in [1.82, 2.24) is 0 Å². The maximum atomic E-state index is 12.6. The van der Waals surface area contributed by atoms with Gasteiger partial charge in [0.05, 0.1) is 27.7 Å². The molecule has 304 valence electrons. The Morgan fingerprint density at radius 2 is 1.04 bits per heavy atom. The summed E-state index contributed by atoms with van der Waals surface area (Å²) in [6.07, 6.45) is 37.7. The van der Waals surface area contributed by atoms with Gasteiger partial charge in [-0.2, -0.15) is 0 Å². The second-order valence-corrected chi connectivity index (χ2v) is 16.4. The quantitative estimate of drug-likeness (QED) is 0.0203. The van der Waals surface area contributed by atoms with Gasteiger partial charge in [0.1, 0.15) is 19.8 Å². The van der Waals surface area contributed by atoms with E-state index in [1.807, 2.05) is 39.4 Å². The third-order valence-electron chi connectivity index (χ3n) is 8.66. The van der Waals surface area contributed by atoms with Crippen LogP contribution in [-0.4, -0.2) is 70.0 Å². The average molecular weight is 756 g/mol. The summed E-state index contributed by atoms with van der Waals surface area (Å²) in [5.41, 5.74) is 0. The highest BCUT2D eigenvalue weighted by atomic mass is 31.2. The number of esters is 2. The Labute approximate surface area is 319 Å². The largest absolute Gasteiger partial charge is 0.756 e. The van der Waals surface area contributed by atoms with Gasteiger partial charge < -0.3 is 27.9 Å². The van der Waals surface area contributed by atoms with E-state index in [1.54, 1.807) is 0 Å². The first-order valence-electron chi connectivity index (χ1n) is 20.7. The topological polar surface area (TPSA) is 111 Å². The van der Waals surface area contributed by atoms with E-state index in [1.165, 1.54) is 103 Å². The number of likely N-dealkylation sites (N-methyl/N-ethyl adjacent to an activating group) is 1. The zero-order valence-corrected chi connectivity index (χ0v) is 34.9. The highest BCUT2D eigenvalue weighted by molar-refractivity contribution is 7.45. The van der Waals surface area contributed by atoms with Crippen LogP contribution >= 0.6 is 7.82 Å². The lowest BCUT2D eigenvalue weighted by molar-refractivity contribution is -0.870. The molecule has 0 aromatic carbocycles. The van der Waals surface area contributed by atoms with Crippen molar-refractivity contribution in [3.8, 4) is 0 Å². The lowest BCUT2D eigenvalue weighted by atomic mass is 10.1. The zero-order valence-electron chi connectivity index (χ0n) is 34.0. The van der Waals surface area contributed by atoms with Crippen molar-refractivity contribution in [3.63, 3.8) is 0 Å². The van der Waals surface area contributed by atoms with E-state index in [-0.39, 0.29) is 26.1 Å². The van der Waals surface area contributed by atoms with Gasteiger partial charge in [-0.1, -0.05) is 147 Å². The predicted molar refractivity (Wildman–Crippen MR) is 213 cm³/mol. The molecule has 0 heterocycles. The highest BCUT2D eigenvalue weighted by Crippen LogP contribution is 2.38. The molecule has 0 amide bonds. The van der Waals surface area contributed by atoms with Crippen LogP contribution < -0.4 is 4.89 Å². The van der Waals surface area contributed by atoms with Crippen LogP contribution in [0.1, 0.15) is 168 Å².